The second-order valence-corrected chi connectivity index (χ2v) is 5.10. The van der Waals surface area contributed by atoms with Crippen LogP contribution in [0, 0.1) is 0 Å². The number of aryl methyl sites for hydroxylation is 1. The monoisotopic (exact) mass is 281 g/mol. The van der Waals surface area contributed by atoms with Gasteiger partial charge < -0.3 is 15.0 Å². The lowest BCUT2D eigenvalue weighted by Crippen LogP contribution is -2.04. The summed E-state index contributed by atoms with van der Waals surface area (Å²) in [6.07, 6.45) is 2.26. The van der Waals surface area contributed by atoms with E-state index in [1.54, 1.807) is 12.1 Å². The molecule has 0 saturated carbocycles. The number of hydrogen-bond acceptors (Lipinski definition) is 3. The first-order chi connectivity index (χ1) is 10.3. The van der Waals surface area contributed by atoms with E-state index in [4.69, 9.17) is 0 Å². The van der Waals surface area contributed by atoms with Crippen LogP contribution in [0.15, 0.2) is 48.5 Å². The number of benzene rings is 2. The number of aromatic nitrogens is 2. The van der Waals surface area contributed by atoms with Crippen molar-refractivity contribution in [1.29, 1.82) is 0 Å². The fourth-order valence-electron chi connectivity index (χ4n) is 2.39. The standard InChI is InChI=1S/C17H19N3O/c1-2-3-12-20-16-7-5-4-6-15(16)19-17(20)18-13-8-10-14(21)11-9-13/h4-11,21H,2-3,12H2,1H3,(H,18,19). The summed E-state index contributed by atoms with van der Waals surface area (Å²) in [5.74, 6) is 1.11. The zero-order valence-electron chi connectivity index (χ0n) is 12.1. The van der Waals surface area contributed by atoms with Crippen molar-refractivity contribution in [2.24, 2.45) is 0 Å². The predicted octanol–water partition coefficient (Wildman–Crippen LogP) is 4.29. The SMILES string of the molecule is CCCCn1c(Nc2ccc(O)cc2)nc2ccccc21. The summed E-state index contributed by atoms with van der Waals surface area (Å²) in [6.45, 7) is 3.13. The molecule has 0 bridgehead atoms. The number of rotatable bonds is 5. The van der Waals surface area contributed by atoms with Gasteiger partial charge in [0, 0.05) is 12.2 Å². The van der Waals surface area contributed by atoms with Crippen molar-refractivity contribution in [2.75, 3.05) is 5.32 Å². The minimum Gasteiger partial charge on any atom is -0.508 e. The highest BCUT2D eigenvalue weighted by molar-refractivity contribution is 5.79. The number of imidazole rings is 1. The van der Waals surface area contributed by atoms with Crippen LogP contribution in [0.4, 0.5) is 11.6 Å². The quantitative estimate of drug-likeness (QED) is 0.686. The summed E-state index contributed by atoms with van der Waals surface area (Å²) < 4.78 is 2.21. The fraction of sp³-hybridized carbons (Fsp3) is 0.235. The number of para-hydroxylation sites is 2. The van der Waals surface area contributed by atoms with Gasteiger partial charge in [0.2, 0.25) is 5.95 Å². The summed E-state index contributed by atoms with van der Waals surface area (Å²) in [6, 6.07) is 15.2. The van der Waals surface area contributed by atoms with Gasteiger partial charge in [-0.2, -0.15) is 0 Å². The summed E-state index contributed by atoms with van der Waals surface area (Å²) in [5, 5.41) is 12.7. The summed E-state index contributed by atoms with van der Waals surface area (Å²) in [7, 11) is 0. The Morgan fingerprint density at radius 3 is 2.62 bits per heavy atom. The molecule has 4 nitrogen and oxygen atoms in total. The van der Waals surface area contributed by atoms with Crippen molar-refractivity contribution in [3.05, 3.63) is 48.5 Å². The molecule has 21 heavy (non-hydrogen) atoms. The molecule has 0 fully saturated rings. The van der Waals surface area contributed by atoms with Crippen molar-refractivity contribution in [1.82, 2.24) is 9.55 Å². The van der Waals surface area contributed by atoms with Crippen LogP contribution in [0.5, 0.6) is 5.75 Å². The summed E-state index contributed by atoms with van der Waals surface area (Å²) in [5.41, 5.74) is 3.06. The van der Waals surface area contributed by atoms with Gasteiger partial charge in [0.05, 0.1) is 11.0 Å². The molecule has 0 aliphatic heterocycles. The number of hydrogen-bond donors (Lipinski definition) is 2. The van der Waals surface area contributed by atoms with Gasteiger partial charge in [-0.05, 0) is 42.8 Å². The van der Waals surface area contributed by atoms with Crippen LogP contribution < -0.4 is 5.32 Å². The smallest absolute Gasteiger partial charge is 0.208 e. The Balaban J connectivity index is 1.97. The van der Waals surface area contributed by atoms with E-state index >= 15 is 0 Å². The molecule has 0 aliphatic rings. The van der Waals surface area contributed by atoms with E-state index in [0.29, 0.717) is 0 Å². The average molecular weight is 281 g/mol. The molecule has 108 valence electrons. The Hall–Kier alpha value is -2.49. The molecular weight excluding hydrogens is 262 g/mol. The lowest BCUT2D eigenvalue weighted by atomic mass is 10.3. The van der Waals surface area contributed by atoms with Crippen molar-refractivity contribution in [3.63, 3.8) is 0 Å². The fourth-order valence-corrected chi connectivity index (χ4v) is 2.39. The molecule has 0 unspecified atom stereocenters. The Morgan fingerprint density at radius 1 is 1.10 bits per heavy atom. The van der Waals surface area contributed by atoms with E-state index in [1.807, 2.05) is 30.3 Å². The first kappa shape index (κ1) is 13.5. The van der Waals surface area contributed by atoms with Gasteiger partial charge in [-0.1, -0.05) is 25.5 Å². The van der Waals surface area contributed by atoms with Crippen molar-refractivity contribution < 1.29 is 5.11 Å². The van der Waals surface area contributed by atoms with Crippen LogP contribution in [0.25, 0.3) is 11.0 Å². The molecule has 2 aromatic carbocycles. The van der Waals surface area contributed by atoms with Crippen molar-refractivity contribution >= 4 is 22.7 Å². The largest absolute Gasteiger partial charge is 0.508 e. The van der Waals surface area contributed by atoms with Crippen LogP contribution in [0.1, 0.15) is 19.8 Å². The highest BCUT2D eigenvalue weighted by Crippen LogP contribution is 2.24. The number of nitrogens with zero attached hydrogens (tertiary/aromatic N) is 2. The van der Waals surface area contributed by atoms with Crippen molar-refractivity contribution in [3.8, 4) is 5.75 Å². The van der Waals surface area contributed by atoms with Crippen LogP contribution in [0.2, 0.25) is 0 Å². The maximum atomic E-state index is 9.36. The van der Waals surface area contributed by atoms with Gasteiger partial charge in [0.15, 0.2) is 0 Å². The van der Waals surface area contributed by atoms with Crippen molar-refractivity contribution in [2.45, 2.75) is 26.3 Å². The zero-order valence-corrected chi connectivity index (χ0v) is 12.1. The first-order valence-electron chi connectivity index (χ1n) is 7.29. The Labute approximate surface area is 124 Å². The molecule has 1 aromatic heterocycles. The molecule has 2 N–H and O–H groups in total. The van der Waals surface area contributed by atoms with E-state index < -0.39 is 0 Å². The average Bonchev–Trinajstić information content (AvgIpc) is 2.85. The summed E-state index contributed by atoms with van der Waals surface area (Å²) >= 11 is 0. The predicted molar refractivity (Wildman–Crippen MR) is 86.0 cm³/mol. The molecule has 0 saturated heterocycles. The molecule has 3 rings (SSSR count). The molecule has 0 aliphatic carbocycles. The third-order valence-corrected chi connectivity index (χ3v) is 3.51. The van der Waals surface area contributed by atoms with Gasteiger partial charge in [-0.3, -0.25) is 0 Å². The van der Waals surface area contributed by atoms with Crippen LogP contribution in [0.3, 0.4) is 0 Å². The number of nitrogens with one attached hydrogen (secondary N) is 1. The Kier molecular flexibility index (Phi) is 3.77. The van der Waals surface area contributed by atoms with Gasteiger partial charge in [-0.15, -0.1) is 0 Å². The second-order valence-electron chi connectivity index (χ2n) is 5.10. The van der Waals surface area contributed by atoms with Gasteiger partial charge in [0.25, 0.3) is 0 Å². The third kappa shape index (κ3) is 2.84. The highest BCUT2D eigenvalue weighted by atomic mass is 16.3. The lowest BCUT2D eigenvalue weighted by Gasteiger charge is -2.10. The highest BCUT2D eigenvalue weighted by Gasteiger charge is 2.10. The topological polar surface area (TPSA) is 50.1 Å². The van der Waals surface area contributed by atoms with E-state index in [9.17, 15) is 5.11 Å². The normalized spacial score (nSPS) is 10.9. The van der Waals surface area contributed by atoms with E-state index in [1.165, 1.54) is 0 Å². The first-order valence-corrected chi connectivity index (χ1v) is 7.29. The summed E-state index contributed by atoms with van der Waals surface area (Å²) in [4.78, 5) is 4.67. The van der Waals surface area contributed by atoms with Crippen LogP contribution >= 0.6 is 0 Å². The van der Waals surface area contributed by atoms with Gasteiger partial charge in [0.1, 0.15) is 5.75 Å². The van der Waals surface area contributed by atoms with Crippen LogP contribution in [-0.2, 0) is 6.54 Å². The number of aromatic hydroxyl groups is 1. The maximum absolute atomic E-state index is 9.36. The number of phenolic OH excluding ortho intramolecular Hbond substituents is 1. The maximum Gasteiger partial charge on any atom is 0.208 e. The molecule has 1 heterocycles. The molecule has 0 spiro atoms. The number of unbranched alkanes of at least 4 members (excludes halogenated alkanes) is 1. The minimum atomic E-state index is 0.264. The van der Waals surface area contributed by atoms with Crippen LogP contribution in [-0.4, -0.2) is 14.7 Å². The molecule has 0 radical (unpaired) electrons. The third-order valence-electron chi connectivity index (χ3n) is 3.51. The van der Waals surface area contributed by atoms with E-state index in [0.717, 1.165) is 42.1 Å². The Morgan fingerprint density at radius 2 is 1.86 bits per heavy atom. The van der Waals surface area contributed by atoms with E-state index in [-0.39, 0.29) is 5.75 Å². The minimum absolute atomic E-state index is 0.264. The number of phenols is 1. The number of anilines is 2. The second kappa shape index (κ2) is 5.87. The lowest BCUT2D eigenvalue weighted by molar-refractivity contribution is 0.475. The molecule has 0 amide bonds. The molecule has 4 heteroatoms. The van der Waals surface area contributed by atoms with Gasteiger partial charge >= 0.3 is 0 Å². The molecule has 3 aromatic rings. The van der Waals surface area contributed by atoms with E-state index in [2.05, 4.69) is 27.9 Å². The Bertz CT molecular complexity index is 731. The number of fused-ring (bicyclic) bond motifs is 1. The zero-order chi connectivity index (χ0) is 14.7. The molecule has 0 atom stereocenters. The van der Waals surface area contributed by atoms with Gasteiger partial charge in [-0.25, -0.2) is 4.98 Å². The molecular formula is C17H19N3O.